The lowest BCUT2D eigenvalue weighted by Crippen LogP contribution is -2.24. The first-order valence-corrected chi connectivity index (χ1v) is 9.70. The maximum atomic E-state index is 12.5. The smallest absolute Gasteiger partial charge is 0.414 e. The van der Waals surface area contributed by atoms with E-state index in [1.54, 1.807) is 24.3 Å². The molecule has 1 aliphatic heterocycles. The number of benzene rings is 2. The van der Waals surface area contributed by atoms with Gasteiger partial charge in [-0.2, -0.15) is 0 Å². The first-order chi connectivity index (χ1) is 11.9. The molecule has 0 bridgehead atoms. The molecular formula is C18H20N2O4S. The number of sulfonamides is 1. The molecule has 0 radical (unpaired) electrons. The fraction of sp³-hybridized carbons (Fsp3) is 0.278. The molecular weight excluding hydrogens is 340 g/mol. The minimum atomic E-state index is -3.52. The molecule has 1 N–H and O–H groups in total. The second-order valence-corrected chi connectivity index (χ2v) is 7.78. The third-order valence-corrected chi connectivity index (χ3v) is 5.52. The van der Waals surface area contributed by atoms with Crippen molar-refractivity contribution in [3.63, 3.8) is 0 Å². The van der Waals surface area contributed by atoms with Gasteiger partial charge in [0.1, 0.15) is 6.61 Å². The molecule has 2 aromatic carbocycles. The monoisotopic (exact) mass is 360 g/mol. The number of carbonyl (C=O) groups excluding carboxylic acids is 1. The summed E-state index contributed by atoms with van der Waals surface area (Å²) >= 11 is 0. The molecule has 0 aromatic heterocycles. The lowest BCUT2D eigenvalue weighted by atomic mass is 10.0. The summed E-state index contributed by atoms with van der Waals surface area (Å²) in [4.78, 5) is 13.1. The molecule has 3 rings (SSSR count). The van der Waals surface area contributed by atoms with Crippen LogP contribution in [0.1, 0.15) is 18.4 Å². The van der Waals surface area contributed by atoms with E-state index in [0.29, 0.717) is 24.5 Å². The lowest BCUT2D eigenvalue weighted by Gasteiger charge is -2.16. The predicted molar refractivity (Wildman–Crippen MR) is 97.4 cm³/mol. The average Bonchev–Trinajstić information content (AvgIpc) is 3.01. The van der Waals surface area contributed by atoms with Crippen molar-refractivity contribution in [2.24, 2.45) is 0 Å². The van der Waals surface area contributed by atoms with Gasteiger partial charge in [-0.1, -0.05) is 43.3 Å². The number of carbonyl (C=O) groups is 1. The van der Waals surface area contributed by atoms with Crippen LogP contribution < -0.4 is 9.62 Å². The molecule has 0 aliphatic carbocycles. The van der Waals surface area contributed by atoms with Crippen LogP contribution in [0.25, 0.3) is 0 Å². The Morgan fingerprint density at radius 3 is 2.60 bits per heavy atom. The quantitative estimate of drug-likeness (QED) is 0.858. The van der Waals surface area contributed by atoms with Crippen molar-refractivity contribution < 1.29 is 17.9 Å². The van der Waals surface area contributed by atoms with Crippen molar-refractivity contribution in [3.05, 3.63) is 60.2 Å². The van der Waals surface area contributed by atoms with Gasteiger partial charge < -0.3 is 4.74 Å². The summed E-state index contributed by atoms with van der Waals surface area (Å²) in [6.45, 7) is 2.68. The van der Waals surface area contributed by atoms with E-state index < -0.39 is 16.1 Å². The summed E-state index contributed by atoms with van der Waals surface area (Å²) in [5.74, 6) is -0.150. The Kier molecular flexibility index (Phi) is 4.94. The molecule has 6 nitrogen and oxygen atoms in total. The van der Waals surface area contributed by atoms with Crippen LogP contribution >= 0.6 is 0 Å². The van der Waals surface area contributed by atoms with Crippen LogP contribution in [0.2, 0.25) is 0 Å². The molecule has 25 heavy (non-hydrogen) atoms. The van der Waals surface area contributed by atoms with Crippen molar-refractivity contribution >= 4 is 27.5 Å². The van der Waals surface area contributed by atoms with Crippen LogP contribution in [0.15, 0.2) is 54.6 Å². The molecule has 1 amide bonds. The van der Waals surface area contributed by atoms with Crippen molar-refractivity contribution in [1.29, 1.82) is 0 Å². The van der Waals surface area contributed by atoms with Crippen LogP contribution in [0, 0.1) is 0 Å². The van der Waals surface area contributed by atoms with Crippen LogP contribution in [-0.2, 0) is 14.8 Å². The second kappa shape index (κ2) is 7.14. The maximum Gasteiger partial charge on any atom is 0.414 e. The molecule has 2 aromatic rings. The third kappa shape index (κ3) is 4.30. The number of cyclic esters (lactones) is 1. The number of nitrogens with zero attached hydrogens (tertiary/aromatic N) is 1. The van der Waals surface area contributed by atoms with E-state index >= 15 is 0 Å². The Bertz CT molecular complexity index is 852. The van der Waals surface area contributed by atoms with E-state index in [1.165, 1.54) is 4.90 Å². The van der Waals surface area contributed by atoms with E-state index in [4.69, 9.17) is 4.74 Å². The molecule has 1 heterocycles. The molecule has 1 saturated heterocycles. The van der Waals surface area contributed by atoms with Crippen LogP contribution in [0.5, 0.6) is 0 Å². The van der Waals surface area contributed by atoms with Crippen LogP contribution in [0.4, 0.5) is 16.2 Å². The van der Waals surface area contributed by atoms with E-state index in [-0.39, 0.29) is 11.7 Å². The van der Waals surface area contributed by atoms with Crippen molar-refractivity contribution in [3.8, 4) is 0 Å². The van der Waals surface area contributed by atoms with Crippen LogP contribution in [0.3, 0.4) is 0 Å². The Balaban J connectivity index is 1.71. The zero-order chi connectivity index (χ0) is 17.9. The SMILES string of the molecule is C[C@H](CS(=O)(=O)Nc1cccc(N2CCOC2=O)c1)c1ccccc1. The van der Waals surface area contributed by atoms with Gasteiger partial charge in [0.05, 0.1) is 18.0 Å². The van der Waals surface area contributed by atoms with E-state index in [2.05, 4.69) is 4.72 Å². The minimum absolute atomic E-state index is 0.0208. The summed E-state index contributed by atoms with van der Waals surface area (Å²) in [5.41, 5.74) is 2.01. The van der Waals surface area contributed by atoms with Crippen molar-refractivity contribution in [2.75, 3.05) is 28.5 Å². The van der Waals surface area contributed by atoms with Gasteiger partial charge in [0.25, 0.3) is 0 Å². The topological polar surface area (TPSA) is 75.7 Å². The summed E-state index contributed by atoms with van der Waals surface area (Å²) in [5, 5.41) is 0. The van der Waals surface area contributed by atoms with Gasteiger partial charge in [-0.15, -0.1) is 0 Å². The van der Waals surface area contributed by atoms with Crippen molar-refractivity contribution in [1.82, 2.24) is 0 Å². The average molecular weight is 360 g/mol. The molecule has 0 unspecified atom stereocenters. The van der Waals surface area contributed by atoms with E-state index in [0.717, 1.165) is 5.56 Å². The zero-order valence-corrected chi connectivity index (χ0v) is 14.7. The summed E-state index contributed by atoms with van der Waals surface area (Å²) in [6, 6.07) is 16.3. The molecule has 132 valence electrons. The highest BCUT2D eigenvalue weighted by atomic mass is 32.2. The Labute approximate surface area is 147 Å². The number of ether oxygens (including phenoxy) is 1. The standard InChI is InChI=1S/C18H20N2O4S/c1-14(15-6-3-2-4-7-15)13-25(22,23)19-16-8-5-9-17(12-16)20-10-11-24-18(20)21/h2-9,12,14,19H,10-11,13H2,1H3/t14-/m1/s1. The first kappa shape index (κ1) is 17.3. The van der Waals surface area contributed by atoms with Gasteiger partial charge in [0.15, 0.2) is 0 Å². The van der Waals surface area contributed by atoms with Crippen LogP contribution in [-0.4, -0.2) is 33.4 Å². The molecule has 0 saturated carbocycles. The Hall–Kier alpha value is -2.54. The molecule has 1 aliphatic rings. The number of rotatable bonds is 6. The number of anilines is 2. The van der Waals surface area contributed by atoms with Gasteiger partial charge >= 0.3 is 6.09 Å². The second-order valence-electron chi connectivity index (χ2n) is 6.01. The third-order valence-electron chi connectivity index (χ3n) is 4.03. The number of hydrogen-bond acceptors (Lipinski definition) is 4. The fourth-order valence-electron chi connectivity index (χ4n) is 2.79. The van der Waals surface area contributed by atoms with Gasteiger partial charge in [0.2, 0.25) is 10.0 Å². The van der Waals surface area contributed by atoms with Gasteiger partial charge in [0, 0.05) is 5.69 Å². The van der Waals surface area contributed by atoms with E-state index in [1.807, 2.05) is 37.3 Å². The summed E-state index contributed by atoms with van der Waals surface area (Å²) in [7, 11) is -3.52. The first-order valence-electron chi connectivity index (χ1n) is 8.04. The summed E-state index contributed by atoms with van der Waals surface area (Å²) in [6.07, 6.45) is -0.419. The lowest BCUT2D eigenvalue weighted by molar-refractivity contribution is 0.181. The largest absolute Gasteiger partial charge is 0.447 e. The number of amides is 1. The molecule has 1 atom stereocenters. The highest BCUT2D eigenvalue weighted by Crippen LogP contribution is 2.24. The Morgan fingerprint density at radius 2 is 1.92 bits per heavy atom. The number of nitrogens with one attached hydrogen (secondary N) is 1. The van der Waals surface area contributed by atoms with Crippen molar-refractivity contribution in [2.45, 2.75) is 12.8 Å². The molecule has 1 fully saturated rings. The highest BCUT2D eigenvalue weighted by molar-refractivity contribution is 7.92. The highest BCUT2D eigenvalue weighted by Gasteiger charge is 2.24. The van der Waals surface area contributed by atoms with Gasteiger partial charge in [-0.25, -0.2) is 13.2 Å². The van der Waals surface area contributed by atoms with Gasteiger partial charge in [-0.3, -0.25) is 9.62 Å². The summed E-state index contributed by atoms with van der Waals surface area (Å²) < 4.78 is 32.4. The van der Waals surface area contributed by atoms with E-state index in [9.17, 15) is 13.2 Å². The van der Waals surface area contributed by atoms with Gasteiger partial charge in [-0.05, 0) is 29.7 Å². The zero-order valence-electron chi connectivity index (χ0n) is 13.9. The predicted octanol–water partition coefficient (Wildman–Crippen LogP) is 3.19. The fourth-order valence-corrected chi connectivity index (χ4v) is 4.21. The number of hydrogen-bond donors (Lipinski definition) is 1. The normalized spacial score (nSPS) is 15.7. The molecule has 7 heteroatoms. The minimum Gasteiger partial charge on any atom is -0.447 e. The Morgan fingerprint density at radius 1 is 1.16 bits per heavy atom. The maximum absolute atomic E-state index is 12.5. The molecule has 0 spiro atoms.